The minimum Gasteiger partial charge on any atom is -0.387 e. The molecule has 26 heavy (non-hydrogen) atoms. The van der Waals surface area contributed by atoms with Crippen LogP contribution in [0.4, 0.5) is 11.5 Å². The highest BCUT2D eigenvalue weighted by Gasteiger charge is 2.12. The monoisotopic (exact) mass is 367 g/mol. The van der Waals surface area contributed by atoms with Crippen LogP contribution in [-0.4, -0.2) is 22.5 Å². The molecular formula is C20H18ClN3O2. The highest BCUT2D eigenvalue weighted by Crippen LogP contribution is 2.21. The maximum absolute atomic E-state index is 12.4. The van der Waals surface area contributed by atoms with Gasteiger partial charge >= 0.3 is 0 Å². The van der Waals surface area contributed by atoms with Crippen LogP contribution in [0, 0.1) is 0 Å². The molecular weight excluding hydrogens is 350 g/mol. The average Bonchev–Trinajstić information content (AvgIpc) is 2.68. The lowest BCUT2D eigenvalue weighted by Gasteiger charge is -2.15. The van der Waals surface area contributed by atoms with Gasteiger partial charge in [0.25, 0.3) is 5.91 Å². The molecule has 6 heteroatoms. The van der Waals surface area contributed by atoms with Gasteiger partial charge in [0.15, 0.2) is 0 Å². The first-order valence-electron chi connectivity index (χ1n) is 8.12. The molecule has 3 rings (SSSR count). The van der Waals surface area contributed by atoms with Gasteiger partial charge in [-0.25, -0.2) is 4.98 Å². The number of carbonyl (C=O) groups excluding carboxylic acids is 1. The summed E-state index contributed by atoms with van der Waals surface area (Å²) >= 11 is 5.85. The number of pyridine rings is 1. The minimum absolute atomic E-state index is 0.263. The van der Waals surface area contributed by atoms with Gasteiger partial charge in [-0.2, -0.15) is 0 Å². The predicted molar refractivity (Wildman–Crippen MR) is 104 cm³/mol. The average molecular weight is 368 g/mol. The van der Waals surface area contributed by atoms with E-state index >= 15 is 0 Å². The van der Waals surface area contributed by atoms with Gasteiger partial charge in [-0.1, -0.05) is 41.9 Å². The van der Waals surface area contributed by atoms with E-state index in [0.29, 0.717) is 22.1 Å². The summed E-state index contributed by atoms with van der Waals surface area (Å²) in [4.78, 5) is 16.6. The van der Waals surface area contributed by atoms with Crippen LogP contribution in [0.15, 0.2) is 72.9 Å². The van der Waals surface area contributed by atoms with Crippen LogP contribution in [0.2, 0.25) is 5.02 Å². The van der Waals surface area contributed by atoms with Crippen molar-refractivity contribution in [2.24, 2.45) is 0 Å². The summed E-state index contributed by atoms with van der Waals surface area (Å²) in [6, 6.07) is 19.5. The van der Waals surface area contributed by atoms with Crippen molar-refractivity contribution in [1.29, 1.82) is 0 Å². The number of amides is 1. The van der Waals surface area contributed by atoms with Gasteiger partial charge in [0.1, 0.15) is 5.82 Å². The number of hydrogen-bond donors (Lipinski definition) is 3. The fraction of sp³-hybridized carbons (Fsp3) is 0.100. The molecule has 1 aromatic heterocycles. The van der Waals surface area contributed by atoms with Gasteiger partial charge in [0, 0.05) is 23.3 Å². The first kappa shape index (κ1) is 17.9. The third-order valence-corrected chi connectivity index (χ3v) is 4.06. The molecule has 5 nitrogen and oxygen atoms in total. The second kappa shape index (κ2) is 8.47. The molecule has 0 radical (unpaired) electrons. The molecule has 1 atom stereocenters. The Morgan fingerprint density at radius 1 is 1.04 bits per heavy atom. The van der Waals surface area contributed by atoms with Crippen molar-refractivity contribution in [2.75, 3.05) is 17.2 Å². The number of nitrogens with zero attached hydrogens (tertiary/aromatic N) is 1. The van der Waals surface area contributed by atoms with Crippen molar-refractivity contribution >= 4 is 29.0 Å². The van der Waals surface area contributed by atoms with E-state index in [0.717, 1.165) is 5.56 Å². The number of anilines is 2. The fourth-order valence-corrected chi connectivity index (χ4v) is 2.56. The molecule has 2 aromatic carbocycles. The Labute approximate surface area is 156 Å². The number of carbonyl (C=O) groups is 1. The van der Waals surface area contributed by atoms with E-state index in [2.05, 4.69) is 15.6 Å². The van der Waals surface area contributed by atoms with Crippen molar-refractivity contribution in [3.05, 3.63) is 89.1 Å². The lowest BCUT2D eigenvalue weighted by atomic mass is 10.1. The lowest BCUT2D eigenvalue weighted by Crippen LogP contribution is -2.17. The van der Waals surface area contributed by atoms with Gasteiger partial charge in [-0.15, -0.1) is 0 Å². The number of aromatic nitrogens is 1. The Balaban J connectivity index is 1.68. The Bertz CT molecular complexity index is 870. The zero-order valence-electron chi connectivity index (χ0n) is 13.9. The molecule has 0 fully saturated rings. The largest absolute Gasteiger partial charge is 0.387 e. The van der Waals surface area contributed by atoms with Crippen LogP contribution in [0.25, 0.3) is 0 Å². The van der Waals surface area contributed by atoms with Crippen LogP contribution in [0.5, 0.6) is 0 Å². The number of halogens is 1. The SMILES string of the molecule is O=C(Nc1cccnc1NCC(O)c1ccccc1)c1ccc(Cl)cc1. The van der Waals surface area contributed by atoms with Gasteiger partial charge in [-0.05, 0) is 42.0 Å². The smallest absolute Gasteiger partial charge is 0.255 e. The van der Waals surface area contributed by atoms with Crippen molar-refractivity contribution in [3.63, 3.8) is 0 Å². The zero-order chi connectivity index (χ0) is 18.4. The van der Waals surface area contributed by atoms with Crippen molar-refractivity contribution in [2.45, 2.75) is 6.10 Å². The van der Waals surface area contributed by atoms with Crippen molar-refractivity contribution < 1.29 is 9.90 Å². The van der Waals surface area contributed by atoms with E-state index in [1.165, 1.54) is 0 Å². The first-order chi connectivity index (χ1) is 12.6. The van der Waals surface area contributed by atoms with Crippen LogP contribution >= 0.6 is 11.6 Å². The maximum Gasteiger partial charge on any atom is 0.255 e. The molecule has 1 unspecified atom stereocenters. The maximum atomic E-state index is 12.4. The fourth-order valence-electron chi connectivity index (χ4n) is 2.43. The Morgan fingerprint density at radius 2 is 1.77 bits per heavy atom. The van der Waals surface area contributed by atoms with Crippen LogP contribution in [0.1, 0.15) is 22.0 Å². The Kier molecular flexibility index (Phi) is 5.84. The molecule has 0 saturated carbocycles. The summed E-state index contributed by atoms with van der Waals surface area (Å²) in [7, 11) is 0. The van der Waals surface area contributed by atoms with Gasteiger partial charge in [0.2, 0.25) is 0 Å². The lowest BCUT2D eigenvalue weighted by molar-refractivity contribution is 0.102. The quantitative estimate of drug-likeness (QED) is 0.612. The standard InChI is InChI=1S/C20H18ClN3O2/c21-16-10-8-15(9-11-16)20(26)24-17-7-4-12-22-19(17)23-13-18(25)14-5-2-1-3-6-14/h1-12,18,25H,13H2,(H,22,23)(H,24,26). The summed E-state index contributed by atoms with van der Waals surface area (Å²) < 4.78 is 0. The van der Waals surface area contributed by atoms with E-state index in [4.69, 9.17) is 11.6 Å². The number of aliphatic hydroxyl groups is 1. The minimum atomic E-state index is -0.682. The molecule has 0 bridgehead atoms. The second-order valence-electron chi connectivity index (χ2n) is 5.67. The molecule has 3 N–H and O–H groups in total. The summed E-state index contributed by atoms with van der Waals surface area (Å²) in [5.74, 6) is 0.228. The van der Waals surface area contributed by atoms with E-state index < -0.39 is 6.10 Å². The van der Waals surface area contributed by atoms with E-state index in [-0.39, 0.29) is 12.5 Å². The summed E-state index contributed by atoms with van der Waals surface area (Å²) in [6.45, 7) is 0.269. The van der Waals surface area contributed by atoms with Gasteiger partial charge < -0.3 is 15.7 Å². The molecule has 0 aliphatic rings. The summed E-state index contributed by atoms with van der Waals surface area (Å²) in [6.07, 6.45) is 0.938. The molecule has 0 saturated heterocycles. The van der Waals surface area contributed by atoms with Crippen LogP contribution in [0.3, 0.4) is 0 Å². The number of nitrogens with one attached hydrogen (secondary N) is 2. The topological polar surface area (TPSA) is 74.2 Å². The third kappa shape index (κ3) is 4.59. The molecule has 1 heterocycles. The van der Waals surface area contributed by atoms with Gasteiger partial charge in [0.05, 0.1) is 11.8 Å². The molecule has 3 aromatic rings. The summed E-state index contributed by atoms with van der Waals surface area (Å²) in [5, 5.41) is 16.7. The Hall–Kier alpha value is -2.89. The zero-order valence-corrected chi connectivity index (χ0v) is 14.6. The third-order valence-electron chi connectivity index (χ3n) is 3.81. The van der Waals surface area contributed by atoms with Gasteiger partial charge in [-0.3, -0.25) is 4.79 Å². The number of hydrogen-bond acceptors (Lipinski definition) is 4. The molecule has 0 aliphatic heterocycles. The van der Waals surface area contributed by atoms with E-state index in [1.54, 1.807) is 42.6 Å². The first-order valence-corrected chi connectivity index (χ1v) is 8.50. The van der Waals surface area contributed by atoms with Crippen LogP contribution < -0.4 is 10.6 Å². The molecule has 132 valence electrons. The predicted octanol–water partition coefficient (Wildman–Crippen LogP) is 4.13. The number of aliphatic hydroxyl groups excluding tert-OH is 1. The highest BCUT2D eigenvalue weighted by molar-refractivity contribution is 6.30. The highest BCUT2D eigenvalue weighted by atomic mass is 35.5. The second-order valence-corrected chi connectivity index (χ2v) is 6.10. The van der Waals surface area contributed by atoms with Crippen LogP contribution in [-0.2, 0) is 0 Å². The summed E-state index contributed by atoms with van der Waals surface area (Å²) in [5.41, 5.74) is 1.84. The Morgan fingerprint density at radius 3 is 2.50 bits per heavy atom. The van der Waals surface area contributed by atoms with E-state index in [1.807, 2.05) is 30.3 Å². The van der Waals surface area contributed by atoms with Crippen molar-refractivity contribution in [1.82, 2.24) is 4.98 Å². The number of benzene rings is 2. The number of rotatable bonds is 6. The van der Waals surface area contributed by atoms with Crippen molar-refractivity contribution in [3.8, 4) is 0 Å². The molecule has 1 amide bonds. The molecule has 0 aliphatic carbocycles. The molecule has 0 spiro atoms. The normalized spacial score (nSPS) is 11.6. The van der Waals surface area contributed by atoms with E-state index in [9.17, 15) is 9.90 Å².